The first kappa shape index (κ1) is 28.6. The van der Waals surface area contributed by atoms with Crippen LogP contribution in [0.5, 0.6) is 0 Å². The summed E-state index contributed by atoms with van der Waals surface area (Å²) in [4.78, 5) is 10.5. The number of hydrogen-bond acceptors (Lipinski definition) is 8. The lowest BCUT2D eigenvalue weighted by molar-refractivity contribution is 0.346. The fraction of sp³-hybridized carbons (Fsp3) is 0.360. The molecule has 0 atom stereocenters. The molecule has 1 aliphatic rings. The van der Waals surface area contributed by atoms with Gasteiger partial charge in [0.1, 0.15) is 5.82 Å². The van der Waals surface area contributed by atoms with E-state index in [-0.39, 0.29) is 15.7 Å². The van der Waals surface area contributed by atoms with Crippen LogP contribution in [0.1, 0.15) is 38.2 Å². The highest BCUT2D eigenvalue weighted by molar-refractivity contribution is 7.99. The number of sulfonamides is 2. The SMILES string of the molecule is CCCNc1nc(NS(=O)(=O)c2ccc(Cl)cc2C)ncc1Sc1ccc(S(=O)(=O)N2CCCCC2)cc1. The van der Waals surface area contributed by atoms with Crippen molar-refractivity contribution in [2.24, 2.45) is 0 Å². The topological polar surface area (TPSA) is 121 Å². The number of hydrogen-bond donors (Lipinski definition) is 2. The minimum Gasteiger partial charge on any atom is -0.369 e. The normalized spacial score (nSPS) is 14.8. The number of nitrogens with one attached hydrogen (secondary N) is 2. The average Bonchev–Trinajstić information content (AvgIpc) is 2.89. The van der Waals surface area contributed by atoms with Crippen LogP contribution < -0.4 is 10.0 Å². The zero-order valence-corrected chi connectivity index (χ0v) is 24.4. The summed E-state index contributed by atoms with van der Waals surface area (Å²) in [5.41, 5.74) is 0.507. The second-order valence-electron chi connectivity index (χ2n) is 8.89. The Bertz CT molecular complexity index is 1490. The summed E-state index contributed by atoms with van der Waals surface area (Å²) < 4.78 is 55.8. The van der Waals surface area contributed by atoms with E-state index < -0.39 is 20.0 Å². The van der Waals surface area contributed by atoms with Crippen molar-refractivity contribution in [3.05, 3.63) is 59.2 Å². The van der Waals surface area contributed by atoms with E-state index in [9.17, 15) is 16.8 Å². The van der Waals surface area contributed by atoms with Crippen molar-refractivity contribution in [2.75, 3.05) is 29.7 Å². The Morgan fingerprint density at radius 1 is 1.03 bits per heavy atom. The fourth-order valence-electron chi connectivity index (χ4n) is 4.02. The molecule has 0 bridgehead atoms. The minimum atomic E-state index is -3.93. The van der Waals surface area contributed by atoms with E-state index in [2.05, 4.69) is 20.0 Å². The van der Waals surface area contributed by atoms with Crippen molar-refractivity contribution >= 4 is 55.2 Å². The van der Waals surface area contributed by atoms with Crippen molar-refractivity contribution in [1.29, 1.82) is 0 Å². The molecule has 0 radical (unpaired) electrons. The number of nitrogens with zero attached hydrogens (tertiary/aromatic N) is 3. The lowest BCUT2D eigenvalue weighted by Gasteiger charge is -2.25. The van der Waals surface area contributed by atoms with Crippen LogP contribution >= 0.6 is 23.4 Å². The molecule has 2 heterocycles. The first-order valence-corrected chi connectivity index (χ1v) is 16.4. The molecule has 0 amide bonds. The molecule has 1 fully saturated rings. The van der Waals surface area contributed by atoms with Gasteiger partial charge in [-0.05, 0) is 74.2 Å². The molecule has 204 valence electrons. The van der Waals surface area contributed by atoms with Gasteiger partial charge in [0.2, 0.25) is 16.0 Å². The van der Waals surface area contributed by atoms with Gasteiger partial charge in [0.25, 0.3) is 10.0 Å². The maximum absolute atomic E-state index is 12.9. The Labute approximate surface area is 233 Å². The third kappa shape index (κ3) is 6.78. The number of rotatable bonds is 10. The van der Waals surface area contributed by atoms with E-state index in [1.54, 1.807) is 47.8 Å². The molecule has 38 heavy (non-hydrogen) atoms. The maximum atomic E-state index is 12.9. The molecule has 0 aliphatic carbocycles. The van der Waals surface area contributed by atoms with E-state index >= 15 is 0 Å². The van der Waals surface area contributed by atoms with Crippen LogP contribution in [0.2, 0.25) is 5.02 Å². The third-order valence-electron chi connectivity index (χ3n) is 5.95. The van der Waals surface area contributed by atoms with Gasteiger partial charge in [-0.3, -0.25) is 0 Å². The summed E-state index contributed by atoms with van der Waals surface area (Å²) in [6.45, 7) is 5.40. The zero-order chi connectivity index (χ0) is 27.3. The van der Waals surface area contributed by atoms with Crippen molar-refractivity contribution in [3.8, 4) is 0 Å². The number of aryl methyl sites for hydroxylation is 1. The molecule has 3 aromatic rings. The van der Waals surface area contributed by atoms with E-state index in [0.717, 1.165) is 30.6 Å². The first-order chi connectivity index (χ1) is 18.1. The highest BCUT2D eigenvalue weighted by Gasteiger charge is 2.26. The maximum Gasteiger partial charge on any atom is 0.264 e. The quantitative estimate of drug-likeness (QED) is 0.320. The van der Waals surface area contributed by atoms with Crippen molar-refractivity contribution in [1.82, 2.24) is 14.3 Å². The van der Waals surface area contributed by atoms with E-state index in [1.807, 2.05) is 6.92 Å². The van der Waals surface area contributed by atoms with Crippen molar-refractivity contribution in [2.45, 2.75) is 59.1 Å². The monoisotopic (exact) mass is 595 g/mol. The van der Waals surface area contributed by atoms with Crippen LogP contribution in [0, 0.1) is 6.92 Å². The number of halogens is 1. The molecule has 13 heteroatoms. The van der Waals surface area contributed by atoms with Gasteiger partial charge in [-0.2, -0.15) is 9.29 Å². The van der Waals surface area contributed by atoms with Gasteiger partial charge in [0.15, 0.2) is 0 Å². The van der Waals surface area contributed by atoms with Crippen LogP contribution in [0.3, 0.4) is 0 Å². The Morgan fingerprint density at radius 3 is 2.39 bits per heavy atom. The average molecular weight is 596 g/mol. The summed E-state index contributed by atoms with van der Waals surface area (Å²) in [6.07, 6.45) is 5.19. The van der Waals surface area contributed by atoms with E-state index in [4.69, 9.17) is 11.6 Å². The number of aromatic nitrogens is 2. The minimum absolute atomic E-state index is 0.0646. The number of anilines is 2. The highest BCUT2D eigenvalue weighted by atomic mass is 35.5. The predicted molar refractivity (Wildman–Crippen MR) is 151 cm³/mol. The lowest BCUT2D eigenvalue weighted by atomic mass is 10.2. The Hall–Kier alpha value is -2.38. The Balaban J connectivity index is 1.54. The summed E-state index contributed by atoms with van der Waals surface area (Å²) in [6, 6.07) is 11.3. The van der Waals surface area contributed by atoms with Crippen molar-refractivity contribution < 1.29 is 16.8 Å². The van der Waals surface area contributed by atoms with Crippen LogP contribution in [0.15, 0.2) is 68.2 Å². The van der Waals surface area contributed by atoms with Crippen LogP contribution in [0.4, 0.5) is 11.8 Å². The summed E-state index contributed by atoms with van der Waals surface area (Å²) in [5, 5.41) is 3.67. The Morgan fingerprint density at radius 2 is 1.74 bits per heavy atom. The lowest BCUT2D eigenvalue weighted by Crippen LogP contribution is -2.35. The molecule has 1 saturated heterocycles. The highest BCUT2D eigenvalue weighted by Crippen LogP contribution is 2.34. The summed E-state index contributed by atoms with van der Waals surface area (Å²) in [5.74, 6) is 0.410. The summed E-state index contributed by atoms with van der Waals surface area (Å²) >= 11 is 7.32. The molecule has 1 aliphatic heterocycles. The van der Waals surface area contributed by atoms with Gasteiger partial charge in [-0.1, -0.05) is 36.7 Å². The molecular formula is C25H30ClN5O4S3. The first-order valence-electron chi connectivity index (χ1n) is 12.3. The number of benzene rings is 2. The second-order valence-corrected chi connectivity index (χ2v) is 14.0. The zero-order valence-electron chi connectivity index (χ0n) is 21.1. The molecule has 9 nitrogen and oxygen atoms in total. The smallest absolute Gasteiger partial charge is 0.264 e. The molecule has 1 aromatic heterocycles. The molecule has 2 N–H and O–H groups in total. The van der Waals surface area contributed by atoms with Gasteiger partial charge < -0.3 is 5.32 Å². The van der Waals surface area contributed by atoms with Crippen LogP contribution in [-0.4, -0.2) is 50.7 Å². The van der Waals surface area contributed by atoms with E-state index in [0.29, 0.717) is 40.9 Å². The standard InChI is InChI=1S/C25H30ClN5O4S3/c1-3-13-27-24-22(17-28-25(29-24)30-37(32,33)23-12-7-19(26)16-18(23)2)36-20-8-10-21(11-9-20)38(34,35)31-14-5-4-6-15-31/h7-12,16-17H,3-6,13-15H2,1-2H3,(H2,27,28,29,30). The molecule has 2 aromatic carbocycles. The van der Waals surface area contributed by atoms with E-state index in [1.165, 1.54) is 23.9 Å². The van der Waals surface area contributed by atoms with Gasteiger partial charge in [0.05, 0.1) is 14.7 Å². The van der Waals surface area contributed by atoms with Crippen molar-refractivity contribution in [3.63, 3.8) is 0 Å². The number of piperidine rings is 1. The molecule has 4 rings (SSSR count). The van der Waals surface area contributed by atoms with Gasteiger partial charge in [-0.25, -0.2) is 26.5 Å². The van der Waals surface area contributed by atoms with Gasteiger partial charge >= 0.3 is 0 Å². The predicted octanol–water partition coefficient (Wildman–Crippen LogP) is 5.39. The fourth-order valence-corrected chi connectivity index (χ4v) is 7.78. The van der Waals surface area contributed by atoms with Crippen LogP contribution in [-0.2, 0) is 20.0 Å². The van der Waals surface area contributed by atoms with Gasteiger partial charge in [-0.15, -0.1) is 0 Å². The molecular weight excluding hydrogens is 566 g/mol. The van der Waals surface area contributed by atoms with Gasteiger partial charge in [0, 0.05) is 35.7 Å². The molecule has 0 saturated carbocycles. The Kier molecular flexibility index (Phi) is 9.19. The third-order valence-corrected chi connectivity index (χ3v) is 10.6. The molecule has 0 unspecified atom stereocenters. The second kappa shape index (κ2) is 12.2. The summed E-state index contributed by atoms with van der Waals surface area (Å²) in [7, 11) is -7.44. The van der Waals surface area contributed by atoms with Crippen LogP contribution in [0.25, 0.3) is 0 Å². The molecule has 0 spiro atoms. The largest absolute Gasteiger partial charge is 0.369 e.